The van der Waals surface area contributed by atoms with Crippen molar-refractivity contribution in [2.75, 3.05) is 5.32 Å². The van der Waals surface area contributed by atoms with E-state index in [1.165, 1.54) is 6.20 Å². The van der Waals surface area contributed by atoms with Crippen LogP contribution in [-0.2, 0) is 11.3 Å². The molecule has 0 aliphatic rings. The molecule has 0 saturated carbocycles. The van der Waals surface area contributed by atoms with E-state index in [1.54, 1.807) is 43.3 Å². The van der Waals surface area contributed by atoms with Crippen LogP contribution in [0.2, 0.25) is 5.15 Å². The van der Waals surface area contributed by atoms with Crippen LogP contribution in [0.25, 0.3) is 0 Å². The molecule has 0 aliphatic carbocycles. The number of para-hydroxylation sites is 1. The number of amides is 2. The molecule has 29 heavy (non-hydrogen) atoms. The van der Waals surface area contributed by atoms with Crippen molar-refractivity contribution in [3.05, 3.63) is 89.2 Å². The summed E-state index contributed by atoms with van der Waals surface area (Å²) in [6.07, 6.45) is 0.678. The third kappa shape index (κ3) is 5.56. The zero-order valence-electron chi connectivity index (χ0n) is 15.8. The molecule has 6 nitrogen and oxygen atoms in total. The highest BCUT2D eigenvalue weighted by atomic mass is 35.5. The van der Waals surface area contributed by atoms with Crippen LogP contribution in [-0.4, -0.2) is 22.9 Å². The molecule has 0 saturated heterocycles. The second-order valence-corrected chi connectivity index (χ2v) is 6.61. The molecule has 1 atom stereocenters. The monoisotopic (exact) mass is 409 g/mol. The van der Waals surface area contributed by atoms with Gasteiger partial charge in [-0.05, 0) is 36.8 Å². The average Bonchev–Trinajstić information content (AvgIpc) is 2.74. The number of halogens is 1. The largest absolute Gasteiger partial charge is 0.480 e. The minimum absolute atomic E-state index is 0.189. The number of aromatic nitrogens is 1. The topological polar surface area (TPSA) is 80.3 Å². The van der Waals surface area contributed by atoms with Crippen molar-refractivity contribution in [3.63, 3.8) is 0 Å². The van der Waals surface area contributed by atoms with E-state index in [0.29, 0.717) is 23.5 Å². The van der Waals surface area contributed by atoms with Crippen LogP contribution in [0, 0.1) is 0 Å². The first-order chi connectivity index (χ1) is 14.0. The maximum Gasteiger partial charge on any atom is 0.265 e. The third-order valence-corrected chi connectivity index (χ3v) is 4.42. The van der Waals surface area contributed by atoms with Gasteiger partial charge in [-0.25, -0.2) is 4.98 Å². The molecule has 0 unspecified atom stereocenters. The van der Waals surface area contributed by atoms with Gasteiger partial charge in [0.05, 0.1) is 11.3 Å². The minimum atomic E-state index is -0.852. The lowest BCUT2D eigenvalue weighted by molar-refractivity contribution is -0.122. The molecular formula is C22H20ClN3O3. The van der Waals surface area contributed by atoms with E-state index in [0.717, 1.165) is 5.56 Å². The summed E-state index contributed by atoms with van der Waals surface area (Å²) < 4.78 is 5.76. The van der Waals surface area contributed by atoms with Gasteiger partial charge in [-0.1, -0.05) is 54.1 Å². The van der Waals surface area contributed by atoms with E-state index in [2.05, 4.69) is 15.6 Å². The van der Waals surface area contributed by atoms with E-state index < -0.39 is 12.0 Å². The Morgan fingerprint density at radius 1 is 1.03 bits per heavy atom. The summed E-state index contributed by atoms with van der Waals surface area (Å²) in [7, 11) is 0. The van der Waals surface area contributed by atoms with Gasteiger partial charge in [0.15, 0.2) is 11.3 Å². The molecule has 2 N–H and O–H groups in total. The summed E-state index contributed by atoms with van der Waals surface area (Å²) in [5.74, 6) is -0.371. The van der Waals surface area contributed by atoms with Gasteiger partial charge in [0, 0.05) is 12.7 Å². The number of hydrogen-bond acceptors (Lipinski definition) is 4. The number of carbonyl (C=O) groups is 2. The normalized spacial score (nSPS) is 11.4. The molecule has 1 heterocycles. The molecular weight excluding hydrogens is 390 g/mol. The fourth-order valence-corrected chi connectivity index (χ4v) is 2.75. The van der Waals surface area contributed by atoms with E-state index >= 15 is 0 Å². The minimum Gasteiger partial charge on any atom is -0.480 e. The Kier molecular flexibility index (Phi) is 6.81. The van der Waals surface area contributed by atoms with Crippen molar-refractivity contribution in [2.24, 2.45) is 0 Å². The molecule has 0 aliphatic heterocycles. The Morgan fingerprint density at radius 2 is 1.76 bits per heavy atom. The first-order valence-corrected chi connectivity index (χ1v) is 9.41. The molecule has 3 rings (SSSR count). The van der Waals surface area contributed by atoms with Gasteiger partial charge in [0.2, 0.25) is 0 Å². The van der Waals surface area contributed by atoms with Gasteiger partial charge < -0.3 is 15.4 Å². The quantitative estimate of drug-likeness (QED) is 0.576. The number of carbonyl (C=O) groups excluding carboxylic acids is 2. The van der Waals surface area contributed by atoms with Crippen LogP contribution in [0.5, 0.6) is 5.75 Å². The summed E-state index contributed by atoms with van der Waals surface area (Å²) in [6, 6.07) is 19.7. The summed E-state index contributed by atoms with van der Waals surface area (Å²) in [6.45, 7) is 1.99. The number of hydrogen-bond donors (Lipinski definition) is 2. The molecule has 0 bridgehead atoms. The fraction of sp³-hybridized carbons (Fsp3) is 0.136. The second-order valence-electron chi connectivity index (χ2n) is 6.26. The van der Waals surface area contributed by atoms with Crippen molar-refractivity contribution >= 4 is 29.1 Å². The van der Waals surface area contributed by atoms with Gasteiger partial charge in [0.25, 0.3) is 11.8 Å². The first kappa shape index (κ1) is 20.4. The molecule has 2 aromatic carbocycles. The molecule has 0 radical (unpaired) electrons. The zero-order chi connectivity index (χ0) is 20.6. The van der Waals surface area contributed by atoms with Crippen molar-refractivity contribution in [2.45, 2.75) is 19.6 Å². The highest BCUT2D eigenvalue weighted by molar-refractivity contribution is 6.32. The number of nitrogens with zero attached hydrogens (tertiary/aromatic N) is 1. The lowest BCUT2D eigenvalue weighted by atomic mass is 10.1. The van der Waals surface area contributed by atoms with Crippen LogP contribution < -0.4 is 15.4 Å². The summed E-state index contributed by atoms with van der Waals surface area (Å²) in [5.41, 5.74) is 1.73. The molecule has 0 spiro atoms. The van der Waals surface area contributed by atoms with Crippen molar-refractivity contribution in [1.82, 2.24) is 10.3 Å². The third-order valence-electron chi connectivity index (χ3n) is 4.12. The van der Waals surface area contributed by atoms with E-state index in [4.69, 9.17) is 16.3 Å². The van der Waals surface area contributed by atoms with Crippen molar-refractivity contribution < 1.29 is 14.3 Å². The van der Waals surface area contributed by atoms with Gasteiger partial charge in [-0.15, -0.1) is 0 Å². The highest BCUT2D eigenvalue weighted by Gasteiger charge is 2.19. The number of anilines is 1. The Labute approximate surface area is 173 Å². The lowest BCUT2D eigenvalue weighted by Gasteiger charge is -2.17. The van der Waals surface area contributed by atoms with E-state index in [-0.39, 0.29) is 11.1 Å². The SMILES string of the molecule is C[C@H](Oc1ccccc1C(=O)NCc1ccccc1)C(=O)Nc1cccnc1Cl. The van der Waals surface area contributed by atoms with Crippen LogP contribution in [0.3, 0.4) is 0 Å². The number of ether oxygens (including phenoxy) is 1. The smallest absolute Gasteiger partial charge is 0.265 e. The van der Waals surface area contributed by atoms with Gasteiger partial charge in [-0.3, -0.25) is 9.59 Å². The first-order valence-electron chi connectivity index (χ1n) is 9.04. The predicted octanol–water partition coefficient (Wildman–Crippen LogP) is 4.07. The van der Waals surface area contributed by atoms with Gasteiger partial charge in [0.1, 0.15) is 5.75 Å². The highest BCUT2D eigenvalue weighted by Crippen LogP contribution is 2.21. The standard InChI is InChI=1S/C22H20ClN3O3/c1-15(21(27)26-18-11-7-13-24-20(18)23)29-19-12-6-5-10-17(19)22(28)25-14-16-8-3-2-4-9-16/h2-13,15H,14H2,1H3,(H,25,28)(H,26,27)/t15-/m0/s1. The van der Waals surface area contributed by atoms with Gasteiger partial charge in [-0.2, -0.15) is 0 Å². The number of nitrogens with one attached hydrogen (secondary N) is 2. The van der Waals surface area contributed by atoms with E-state index in [9.17, 15) is 9.59 Å². The average molecular weight is 410 g/mol. The van der Waals surface area contributed by atoms with Crippen LogP contribution >= 0.6 is 11.6 Å². The summed E-state index contributed by atoms with van der Waals surface area (Å²) in [5, 5.41) is 5.72. The van der Waals surface area contributed by atoms with E-state index in [1.807, 2.05) is 30.3 Å². The maximum absolute atomic E-state index is 12.6. The Hall–Kier alpha value is -3.38. The molecule has 3 aromatic rings. The summed E-state index contributed by atoms with van der Waals surface area (Å²) >= 11 is 5.97. The zero-order valence-corrected chi connectivity index (χ0v) is 16.5. The number of pyridine rings is 1. The second kappa shape index (κ2) is 9.71. The number of rotatable bonds is 7. The van der Waals surface area contributed by atoms with Crippen molar-refractivity contribution in [1.29, 1.82) is 0 Å². The molecule has 7 heteroatoms. The molecule has 1 aromatic heterocycles. The fourth-order valence-electron chi connectivity index (χ4n) is 2.59. The number of benzene rings is 2. The van der Waals surface area contributed by atoms with Crippen LogP contribution in [0.1, 0.15) is 22.8 Å². The van der Waals surface area contributed by atoms with Crippen LogP contribution in [0.15, 0.2) is 72.9 Å². The molecule has 148 valence electrons. The van der Waals surface area contributed by atoms with Gasteiger partial charge >= 0.3 is 0 Å². The Bertz CT molecular complexity index is 995. The Balaban J connectivity index is 1.65. The maximum atomic E-state index is 12.6. The Morgan fingerprint density at radius 3 is 2.52 bits per heavy atom. The van der Waals surface area contributed by atoms with Crippen molar-refractivity contribution in [3.8, 4) is 5.75 Å². The molecule has 0 fully saturated rings. The lowest BCUT2D eigenvalue weighted by Crippen LogP contribution is -2.31. The molecule has 2 amide bonds. The predicted molar refractivity (Wildman–Crippen MR) is 112 cm³/mol. The summed E-state index contributed by atoms with van der Waals surface area (Å²) in [4.78, 5) is 29.0. The van der Waals surface area contributed by atoms with Crippen LogP contribution in [0.4, 0.5) is 5.69 Å².